The molecule has 3 heterocycles. The molecule has 1 N–H and O–H groups in total. The lowest BCUT2D eigenvalue weighted by atomic mass is 9.39. The summed E-state index contributed by atoms with van der Waals surface area (Å²) >= 11 is 0. The number of ether oxygens (including phenoxy) is 5. The van der Waals surface area contributed by atoms with E-state index in [0.29, 0.717) is 12.0 Å². The molecule has 246 valence electrons. The Morgan fingerprint density at radius 3 is 2.31 bits per heavy atom. The molecule has 0 radical (unpaired) electrons. The predicted octanol–water partition coefficient (Wildman–Crippen LogP) is 5.00. The molecular formula is C35H46O10. The molecule has 10 heteroatoms. The smallest absolute Gasteiger partial charge is 0.333 e. The van der Waals surface area contributed by atoms with Gasteiger partial charge in [-0.15, -0.1) is 0 Å². The molecule has 2 saturated carbocycles. The van der Waals surface area contributed by atoms with E-state index in [9.17, 15) is 19.5 Å². The number of esters is 3. The Morgan fingerprint density at radius 1 is 1.00 bits per heavy atom. The van der Waals surface area contributed by atoms with Gasteiger partial charge in [-0.1, -0.05) is 32.4 Å². The van der Waals surface area contributed by atoms with Crippen LogP contribution in [0.1, 0.15) is 86.1 Å². The summed E-state index contributed by atoms with van der Waals surface area (Å²) in [5.74, 6) is -2.08. The zero-order chi connectivity index (χ0) is 32.6. The van der Waals surface area contributed by atoms with Crippen molar-refractivity contribution < 1.29 is 47.6 Å². The number of rotatable bonds is 5. The minimum absolute atomic E-state index is 0.0237. The van der Waals surface area contributed by atoms with Gasteiger partial charge in [0.1, 0.15) is 18.3 Å². The van der Waals surface area contributed by atoms with Gasteiger partial charge in [-0.3, -0.25) is 9.59 Å². The highest BCUT2D eigenvalue weighted by molar-refractivity contribution is 5.87. The van der Waals surface area contributed by atoms with Crippen LogP contribution in [-0.4, -0.2) is 66.4 Å². The molecule has 1 aromatic rings. The maximum absolute atomic E-state index is 13.7. The minimum Gasteiger partial charge on any atom is -0.472 e. The first-order valence-corrected chi connectivity index (χ1v) is 16.0. The summed E-state index contributed by atoms with van der Waals surface area (Å²) in [6, 6.07) is 1.94. The van der Waals surface area contributed by atoms with Gasteiger partial charge in [0, 0.05) is 60.3 Å². The highest BCUT2D eigenvalue weighted by Crippen LogP contribution is 2.72. The maximum atomic E-state index is 13.7. The second kappa shape index (κ2) is 11.1. The Kier molecular flexibility index (Phi) is 7.89. The van der Waals surface area contributed by atoms with E-state index in [2.05, 4.69) is 20.8 Å². The molecule has 4 fully saturated rings. The summed E-state index contributed by atoms with van der Waals surface area (Å²) in [5.41, 5.74) is 1.18. The summed E-state index contributed by atoms with van der Waals surface area (Å²) in [7, 11) is 0. The third-order valence-electron chi connectivity index (χ3n) is 12.1. The number of carbonyl (C=O) groups excluding carboxylic acids is 3. The van der Waals surface area contributed by atoms with E-state index in [1.165, 1.54) is 13.8 Å². The first-order valence-electron chi connectivity index (χ1n) is 16.0. The Morgan fingerprint density at radius 2 is 1.69 bits per heavy atom. The zero-order valence-electron chi connectivity index (χ0n) is 27.5. The van der Waals surface area contributed by atoms with Crippen LogP contribution in [0.5, 0.6) is 0 Å². The Hall–Kier alpha value is -2.95. The number of aliphatic hydroxyl groups is 1. The first-order chi connectivity index (χ1) is 21.2. The molecule has 12 atom stereocenters. The molecule has 1 unspecified atom stereocenters. The van der Waals surface area contributed by atoms with Gasteiger partial charge >= 0.3 is 17.9 Å². The van der Waals surface area contributed by atoms with Crippen LogP contribution in [-0.2, 0) is 38.1 Å². The summed E-state index contributed by atoms with van der Waals surface area (Å²) in [6.45, 7) is 14.9. The predicted molar refractivity (Wildman–Crippen MR) is 160 cm³/mol. The number of aliphatic hydroxyl groups excluding tert-OH is 1. The van der Waals surface area contributed by atoms with Gasteiger partial charge in [0.25, 0.3) is 0 Å². The highest BCUT2D eigenvalue weighted by Gasteiger charge is 2.77. The van der Waals surface area contributed by atoms with Gasteiger partial charge in [0.2, 0.25) is 0 Å². The van der Waals surface area contributed by atoms with Crippen molar-refractivity contribution >= 4 is 17.9 Å². The molecule has 0 bridgehead atoms. The normalized spacial score (nSPS) is 43.9. The van der Waals surface area contributed by atoms with Crippen LogP contribution < -0.4 is 0 Å². The van der Waals surface area contributed by atoms with Crippen LogP contribution in [0.25, 0.3) is 0 Å². The van der Waals surface area contributed by atoms with Crippen LogP contribution in [0.15, 0.2) is 45.8 Å². The fourth-order valence-electron chi connectivity index (χ4n) is 10.3. The molecule has 6 rings (SSSR count). The van der Waals surface area contributed by atoms with Crippen molar-refractivity contribution in [3.05, 3.63) is 47.0 Å². The highest BCUT2D eigenvalue weighted by atomic mass is 16.6. The van der Waals surface area contributed by atoms with E-state index in [4.69, 9.17) is 28.1 Å². The van der Waals surface area contributed by atoms with E-state index in [1.807, 2.05) is 13.0 Å². The topological polar surface area (TPSA) is 131 Å². The summed E-state index contributed by atoms with van der Waals surface area (Å²) in [5, 5.41) is 11.6. The molecule has 2 saturated heterocycles. The average Bonchev–Trinajstić information content (AvgIpc) is 3.68. The number of hydrogen-bond acceptors (Lipinski definition) is 10. The lowest BCUT2D eigenvalue weighted by Crippen LogP contribution is -2.72. The molecule has 3 aliphatic carbocycles. The third-order valence-corrected chi connectivity index (χ3v) is 12.1. The van der Waals surface area contributed by atoms with Crippen LogP contribution in [0, 0.1) is 28.1 Å². The van der Waals surface area contributed by atoms with Gasteiger partial charge in [-0.25, -0.2) is 4.79 Å². The summed E-state index contributed by atoms with van der Waals surface area (Å²) < 4.78 is 37.2. The monoisotopic (exact) mass is 626 g/mol. The number of fused-ring (bicyclic) bond motifs is 4. The first kappa shape index (κ1) is 32.0. The second-order valence-electron chi connectivity index (χ2n) is 14.4. The second-order valence-corrected chi connectivity index (χ2v) is 14.4. The van der Waals surface area contributed by atoms with Gasteiger partial charge in [-0.05, 0) is 50.3 Å². The van der Waals surface area contributed by atoms with Crippen molar-refractivity contribution in [3.63, 3.8) is 0 Å². The maximum Gasteiger partial charge on any atom is 0.333 e. The summed E-state index contributed by atoms with van der Waals surface area (Å²) in [6.07, 6.45) is 1.99. The van der Waals surface area contributed by atoms with E-state index in [-0.39, 0.29) is 37.2 Å². The van der Waals surface area contributed by atoms with Crippen molar-refractivity contribution in [2.45, 2.75) is 117 Å². The SMILES string of the molecule is C/C=C(\C)C(=O)O[C@@H]1[C@@H]2OC[C@]3(C)[C@H](OC(C)=O)C[C@H](OC(C)=O)[C@](C)(C4C[C@H](O)O[C@H]5C[C@@H](c6ccoc6)C(C)=C5[C@@]41C)[C@@H]23. The van der Waals surface area contributed by atoms with E-state index >= 15 is 0 Å². The minimum atomic E-state index is -1.12. The van der Waals surface area contributed by atoms with Crippen LogP contribution in [0.3, 0.4) is 0 Å². The standard InChI is InChI=1S/C35H46O10/c1-9-17(2)32(39)45-31-29-30-33(6,16-41-29)25(42-19(4)36)14-26(43-20(5)37)34(30,7)24-13-27(38)44-23-12-22(21-10-11-40-15-21)18(3)28(23)35(24,31)8/h9-11,15,22-27,29-31,38H,12-14,16H2,1-8H3/b17-9+/t22-,23+,24?,25-,26+,27-,29-,30+,31-,33-,34+,35-/m1/s1. The molecule has 2 aliphatic heterocycles. The molecule has 0 aromatic carbocycles. The quantitative estimate of drug-likeness (QED) is 0.206. The lowest BCUT2D eigenvalue weighted by Gasteiger charge is -2.66. The van der Waals surface area contributed by atoms with Crippen molar-refractivity contribution in [2.75, 3.05) is 6.61 Å². The van der Waals surface area contributed by atoms with Crippen LogP contribution in [0.2, 0.25) is 0 Å². The number of allylic oxidation sites excluding steroid dienone is 2. The largest absolute Gasteiger partial charge is 0.472 e. The van der Waals surface area contributed by atoms with Crippen molar-refractivity contribution in [3.8, 4) is 0 Å². The van der Waals surface area contributed by atoms with Crippen molar-refractivity contribution in [1.82, 2.24) is 0 Å². The van der Waals surface area contributed by atoms with Crippen LogP contribution >= 0.6 is 0 Å². The van der Waals surface area contributed by atoms with Crippen molar-refractivity contribution in [2.24, 2.45) is 28.1 Å². The number of furan rings is 1. The van der Waals surface area contributed by atoms with Gasteiger partial charge < -0.3 is 33.2 Å². The zero-order valence-corrected chi connectivity index (χ0v) is 27.5. The van der Waals surface area contributed by atoms with Gasteiger partial charge in [0.15, 0.2) is 6.29 Å². The molecule has 45 heavy (non-hydrogen) atoms. The van der Waals surface area contributed by atoms with Crippen molar-refractivity contribution in [1.29, 1.82) is 0 Å². The number of hydrogen-bond donors (Lipinski definition) is 1. The fourth-order valence-corrected chi connectivity index (χ4v) is 10.3. The average molecular weight is 627 g/mol. The molecule has 0 amide bonds. The number of carbonyl (C=O) groups is 3. The third kappa shape index (κ3) is 4.65. The van der Waals surface area contributed by atoms with E-state index < -0.39 is 71.0 Å². The lowest BCUT2D eigenvalue weighted by molar-refractivity contribution is -0.262. The van der Waals surface area contributed by atoms with Gasteiger partial charge in [0.05, 0.1) is 31.3 Å². The van der Waals surface area contributed by atoms with E-state index in [0.717, 1.165) is 16.7 Å². The Balaban J connectivity index is 1.61. The van der Waals surface area contributed by atoms with E-state index in [1.54, 1.807) is 32.4 Å². The molecule has 5 aliphatic rings. The Bertz CT molecular complexity index is 1430. The summed E-state index contributed by atoms with van der Waals surface area (Å²) in [4.78, 5) is 38.7. The fraction of sp³-hybridized carbons (Fsp3) is 0.686. The molecular weight excluding hydrogens is 580 g/mol. The molecule has 10 nitrogen and oxygen atoms in total. The van der Waals surface area contributed by atoms with Crippen LogP contribution in [0.4, 0.5) is 0 Å². The molecule has 0 spiro atoms. The molecule has 1 aromatic heterocycles. The Labute approximate surface area is 264 Å². The van der Waals surface area contributed by atoms with Gasteiger partial charge in [-0.2, -0.15) is 0 Å².